The van der Waals surface area contributed by atoms with Gasteiger partial charge in [-0.2, -0.15) is 0 Å². The van der Waals surface area contributed by atoms with E-state index in [9.17, 15) is 0 Å². The van der Waals surface area contributed by atoms with Crippen LogP contribution in [-0.4, -0.2) is 13.3 Å². The molecular formula is C10H20NO. The number of hydrogen-bond acceptors (Lipinski definition) is 2. The zero-order valence-corrected chi connectivity index (χ0v) is 7.96. The number of ether oxygens (including phenoxy) is 1. The summed E-state index contributed by atoms with van der Waals surface area (Å²) in [6.45, 7) is 0. The largest absolute Gasteiger partial charge is 0.367 e. The van der Waals surface area contributed by atoms with Crippen molar-refractivity contribution < 1.29 is 4.74 Å². The van der Waals surface area contributed by atoms with Gasteiger partial charge < -0.3 is 10.5 Å². The molecule has 0 aromatic carbocycles. The first-order chi connectivity index (χ1) is 5.83. The molecule has 1 radical (unpaired) electrons. The van der Waals surface area contributed by atoms with E-state index >= 15 is 0 Å². The van der Waals surface area contributed by atoms with E-state index in [1.165, 1.54) is 32.1 Å². The van der Waals surface area contributed by atoms with Gasteiger partial charge in [-0.05, 0) is 12.3 Å². The first-order valence-corrected chi connectivity index (χ1v) is 4.94. The summed E-state index contributed by atoms with van der Waals surface area (Å²) >= 11 is 0. The highest BCUT2D eigenvalue weighted by Gasteiger charge is 2.14. The third kappa shape index (κ3) is 3.55. The predicted octanol–water partition coefficient (Wildman–Crippen LogP) is 2.09. The highest BCUT2D eigenvalue weighted by Crippen LogP contribution is 2.27. The van der Waals surface area contributed by atoms with Gasteiger partial charge in [0.2, 0.25) is 0 Å². The van der Waals surface area contributed by atoms with E-state index in [-0.39, 0.29) is 6.23 Å². The lowest BCUT2D eigenvalue weighted by molar-refractivity contribution is 0.127. The van der Waals surface area contributed by atoms with Crippen LogP contribution >= 0.6 is 0 Å². The summed E-state index contributed by atoms with van der Waals surface area (Å²) in [6.07, 6.45) is 10.1. The molecule has 0 heterocycles. The average molecular weight is 170 g/mol. The maximum atomic E-state index is 5.61. The van der Waals surface area contributed by atoms with Crippen LogP contribution in [0.1, 0.15) is 38.5 Å². The lowest BCUT2D eigenvalue weighted by Gasteiger charge is -2.22. The Labute approximate surface area is 75.5 Å². The predicted molar refractivity (Wildman–Crippen MR) is 50.5 cm³/mol. The number of rotatable bonds is 4. The van der Waals surface area contributed by atoms with E-state index in [2.05, 4.69) is 6.42 Å². The van der Waals surface area contributed by atoms with E-state index in [0.29, 0.717) is 0 Å². The minimum Gasteiger partial charge on any atom is -0.367 e. The van der Waals surface area contributed by atoms with Crippen LogP contribution in [0.15, 0.2) is 0 Å². The Morgan fingerprint density at radius 1 is 1.42 bits per heavy atom. The maximum absolute atomic E-state index is 5.61. The van der Waals surface area contributed by atoms with Crippen LogP contribution in [0.3, 0.4) is 0 Å². The van der Waals surface area contributed by atoms with Crippen molar-refractivity contribution in [1.29, 1.82) is 0 Å². The first kappa shape index (κ1) is 10.0. The normalized spacial score (nSPS) is 22.5. The van der Waals surface area contributed by atoms with Gasteiger partial charge in [0.1, 0.15) is 6.23 Å². The minimum atomic E-state index is -0.160. The summed E-state index contributed by atoms with van der Waals surface area (Å²) in [5.74, 6) is 0.875. The topological polar surface area (TPSA) is 35.2 Å². The van der Waals surface area contributed by atoms with Crippen molar-refractivity contribution in [3.8, 4) is 0 Å². The Balaban J connectivity index is 2.05. The first-order valence-electron chi connectivity index (χ1n) is 4.94. The Morgan fingerprint density at radius 2 is 2.08 bits per heavy atom. The minimum absolute atomic E-state index is 0.160. The molecule has 1 aliphatic carbocycles. The van der Waals surface area contributed by atoms with Gasteiger partial charge in [0, 0.05) is 13.5 Å². The zero-order valence-electron chi connectivity index (χ0n) is 7.96. The van der Waals surface area contributed by atoms with Crippen molar-refractivity contribution in [2.24, 2.45) is 11.7 Å². The molecule has 0 aromatic heterocycles. The molecule has 1 aliphatic rings. The molecule has 0 unspecified atom stereocenters. The van der Waals surface area contributed by atoms with E-state index < -0.39 is 0 Å². The molecule has 1 saturated carbocycles. The Kier molecular flexibility index (Phi) is 4.62. The van der Waals surface area contributed by atoms with Gasteiger partial charge in [0.05, 0.1) is 0 Å². The molecule has 12 heavy (non-hydrogen) atoms. The SMILES string of the molecule is CO[C@H](N)[CH]CC1CCCCC1. The monoisotopic (exact) mass is 170 g/mol. The van der Waals surface area contributed by atoms with Crippen molar-refractivity contribution >= 4 is 0 Å². The van der Waals surface area contributed by atoms with Crippen molar-refractivity contribution in [1.82, 2.24) is 0 Å². The Bertz CT molecular complexity index is 110. The lowest BCUT2D eigenvalue weighted by Crippen LogP contribution is -2.24. The van der Waals surface area contributed by atoms with Crippen LogP contribution in [0.25, 0.3) is 0 Å². The van der Waals surface area contributed by atoms with Crippen LogP contribution in [0, 0.1) is 12.3 Å². The summed E-state index contributed by atoms with van der Waals surface area (Å²) in [5.41, 5.74) is 5.61. The van der Waals surface area contributed by atoms with Crippen LogP contribution in [0.4, 0.5) is 0 Å². The molecule has 1 atom stereocenters. The Hall–Kier alpha value is -0.0800. The van der Waals surface area contributed by atoms with Crippen molar-refractivity contribution in [3.63, 3.8) is 0 Å². The summed E-state index contributed by atoms with van der Waals surface area (Å²) in [4.78, 5) is 0. The molecule has 71 valence electrons. The van der Waals surface area contributed by atoms with E-state index in [1.807, 2.05) is 0 Å². The molecular weight excluding hydrogens is 150 g/mol. The summed E-state index contributed by atoms with van der Waals surface area (Å²) < 4.78 is 4.96. The molecule has 1 rings (SSSR count). The molecule has 0 aliphatic heterocycles. The molecule has 2 heteroatoms. The van der Waals surface area contributed by atoms with Crippen LogP contribution in [-0.2, 0) is 4.74 Å². The van der Waals surface area contributed by atoms with Crippen molar-refractivity contribution in [3.05, 3.63) is 6.42 Å². The second-order valence-corrected chi connectivity index (χ2v) is 3.68. The molecule has 2 N–H and O–H groups in total. The second kappa shape index (κ2) is 5.55. The van der Waals surface area contributed by atoms with Gasteiger partial charge in [-0.25, -0.2) is 0 Å². The summed E-state index contributed by atoms with van der Waals surface area (Å²) in [6, 6.07) is 0. The maximum Gasteiger partial charge on any atom is 0.108 e. The van der Waals surface area contributed by atoms with Gasteiger partial charge in [0.15, 0.2) is 0 Å². The van der Waals surface area contributed by atoms with Gasteiger partial charge in [0.25, 0.3) is 0 Å². The summed E-state index contributed by atoms with van der Waals surface area (Å²) in [7, 11) is 1.65. The molecule has 0 bridgehead atoms. The molecule has 0 saturated heterocycles. The quantitative estimate of drug-likeness (QED) is 0.656. The highest BCUT2D eigenvalue weighted by atomic mass is 16.5. The fourth-order valence-corrected chi connectivity index (χ4v) is 1.85. The van der Waals surface area contributed by atoms with E-state index in [0.717, 1.165) is 12.3 Å². The van der Waals surface area contributed by atoms with Crippen LogP contribution in [0.5, 0.6) is 0 Å². The third-order valence-corrected chi connectivity index (χ3v) is 2.70. The van der Waals surface area contributed by atoms with Gasteiger partial charge in [-0.3, -0.25) is 0 Å². The number of nitrogens with two attached hydrogens (primary N) is 1. The van der Waals surface area contributed by atoms with E-state index in [4.69, 9.17) is 10.5 Å². The molecule has 0 amide bonds. The smallest absolute Gasteiger partial charge is 0.108 e. The Morgan fingerprint density at radius 3 is 2.67 bits per heavy atom. The number of hydrogen-bond donors (Lipinski definition) is 1. The highest BCUT2D eigenvalue weighted by molar-refractivity contribution is 4.77. The van der Waals surface area contributed by atoms with Crippen LogP contribution < -0.4 is 5.73 Å². The number of methoxy groups -OCH3 is 1. The fourth-order valence-electron chi connectivity index (χ4n) is 1.85. The van der Waals surface area contributed by atoms with Crippen molar-refractivity contribution in [2.75, 3.05) is 7.11 Å². The molecule has 0 spiro atoms. The fraction of sp³-hybridized carbons (Fsp3) is 0.900. The summed E-state index contributed by atoms with van der Waals surface area (Å²) in [5, 5.41) is 0. The van der Waals surface area contributed by atoms with Gasteiger partial charge in [-0.1, -0.05) is 32.1 Å². The molecule has 1 fully saturated rings. The molecule has 0 aromatic rings. The zero-order chi connectivity index (χ0) is 8.81. The lowest BCUT2D eigenvalue weighted by atomic mass is 9.86. The molecule has 2 nitrogen and oxygen atoms in total. The van der Waals surface area contributed by atoms with Crippen molar-refractivity contribution in [2.45, 2.75) is 44.8 Å². The average Bonchev–Trinajstić information content (AvgIpc) is 2.16. The van der Waals surface area contributed by atoms with Gasteiger partial charge >= 0.3 is 0 Å². The van der Waals surface area contributed by atoms with Crippen LogP contribution in [0.2, 0.25) is 0 Å². The third-order valence-electron chi connectivity index (χ3n) is 2.70. The van der Waals surface area contributed by atoms with Gasteiger partial charge in [-0.15, -0.1) is 0 Å². The standard InChI is InChI=1S/C10H20NO/c1-12-10(11)8-7-9-5-3-2-4-6-9/h8-10H,2-7,11H2,1H3/t10-/m0/s1. The van der Waals surface area contributed by atoms with E-state index in [1.54, 1.807) is 7.11 Å². The second-order valence-electron chi connectivity index (χ2n) is 3.68.